The van der Waals surface area contributed by atoms with Crippen LogP contribution in [0.15, 0.2) is 60.7 Å². The number of aliphatic carboxylic acids is 1. The molecule has 1 heterocycles. The third kappa shape index (κ3) is 3.86. The topological polar surface area (TPSA) is 78.9 Å². The molecule has 6 nitrogen and oxygen atoms in total. The summed E-state index contributed by atoms with van der Waals surface area (Å²) in [5, 5.41) is 12.8. The lowest BCUT2D eigenvalue weighted by atomic mass is 9.88. The molecule has 2 aromatic rings. The lowest BCUT2D eigenvalue weighted by Gasteiger charge is -2.47. The largest absolute Gasteiger partial charge is 0.480 e. The number of ether oxygens (including phenoxy) is 1. The molecule has 0 aromatic heterocycles. The van der Waals surface area contributed by atoms with Crippen LogP contribution in [0.2, 0.25) is 0 Å². The predicted octanol–water partition coefficient (Wildman–Crippen LogP) is 2.81. The van der Waals surface area contributed by atoms with E-state index in [4.69, 9.17) is 4.74 Å². The summed E-state index contributed by atoms with van der Waals surface area (Å²) < 4.78 is 5.26. The highest BCUT2D eigenvalue weighted by Gasteiger charge is 2.52. The van der Waals surface area contributed by atoms with Gasteiger partial charge in [-0.1, -0.05) is 60.7 Å². The van der Waals surface area contributed by atoms with E-state index in [9.17, 15) is 14.7 Å². The average Bonchev–Trinajstić information content (AvgIpc) is 2.63. The molecule has 136 valence electrons. The first-order chi connectivity index (χ1) is 12.5. The molecule has 1 fully saturated rings. The van der Waals surface area contributed by atoms with Crippen molar-refractivity contribution < 1.29 is 19.4 Å². The zero-order valence-corrected chi connectivity index (χ0v) is 14.6. The van der Waals surface area contributed by atoms with Crippen LogP contribution in [0.1, 0.15) is 24.1 Å². The smallest absolute Gasteiger partial charge is 0.410 e. The van der Waals surface area contributed by atoms with Crippen molar-refractivity contribution in [2.75, 3.05) is 13.1 Å². The fourth-order valence-electron chi connectivity index (χ4n) is 3.07. The average molecular weight is 354 g/mol. The maximum absolute atomic E-state index is 12.1. The molecule has 0 saturated carbocycles. The number of amides is 1. The van der Waals surface area contributed by atoms with Gasteiger partial charge in [0, 0.05) is 6.04 Å². The lowest BCUT2D eigenvalue weighted by Crippen LogP contribution is -2.74. The number of carbonyl (C=O) groups excluding carboxylic acids is 1. The van der Waals surface area contributed by atoms with Crippen LogP contribution in [0.25, 0.3) is 0 Å². The van der Waals surface area contributed by atoms with Crippen molar-refractivity contribution in [3.05, 3.63) is 71.8 Å². The van der Waals surface area contributed by atoms with E-state index in [0.29, 0.717) is 0 Å². The van der Waals surface area contributed by atoms with Gasteiger partial charge in [0.25, 0.3) is 0 Å². The summed E-state index contributed by atoms with van der Waals surface area (Å²) >= 11 is 0. The number of carboxylic acids is 1. The van der Waals surface area contributed by atoms with Gasteiger partial charge in [-0.05, 0) is 18.1 Å². The van der Waals surface area contributed by atoms with E-state index in [0.717, 1.165) is 11.1 Å². The van der Waals surface area contributed by atoms with Gasteiger partial charge in [-0.2, -0.15) is 0 Å². The van der Waals surface area contributed by atoms with Crippen LogP contribution in [0.3, 0.4) is 0 Å². The Labute approximate surface area is 152 Å². The second kappa shape index (κ2) is 7.58. The van der Waals surface area contributed by atoms with Crippen LogP contribution in [0.5, 0.6) is 0 Å². The zero-order chi connectivity index (χ0) is 18.6. The molecule has 3 rings (SSSR count). The number of carbonyl (C=O) groups is 2. The van der Waals surface area contributed by atoms with Crippen molar-refractivity contribution in [3.63, 3.8) is 0 Å². The first kappa shape index (κ1) is 17.9. The van der Waals surface area contributed by atoms with E-state index in [2.05, 4.69) is 5.32 Å². The van der Waals surface area contributed by atoms with Crippen LogP contribution in [-0.4, -0.2) is 40.7 Å². The maximum atomic E-state index is 12.1. The highest BCUT2D eigenvalue weighted by Crippen LogP contribution is 2.26. The Balaban J connectivity index is 1.56. The third-order valence-corrected chi connectivity index (χ3v) is 4.59. The summed E-state index contributed by atoms with van der Waals surface area (Å²) in [6.45, 7) is 2.24. The molecule has 1 atom stereocenters. The second-order valence-electron chi connectivity index (χ2n) is 6.56. The summed E-state index contributed by atoms with van der Waals surface area (Å²) in [5.41, 5.74) is 0.737. The SMILES string of the molecule is CC(NC1(C(=O)O)CN(C(=O)OCc2ccccc2)C1)c1ccccc1. The maximum Gasteiger partial charge on any atom is 0.410 e. The van der Waals surface area contributed by atoms with E-state index >= 15 is 0 Å². The van der Waals surface area contributed by atoms with E-state index in [1.165, 1.54) is 4.90 Å². The molecule has 1 unspecified atom stereocenters. The Hall–Kier alpha value is -2.86. The summed E-state index contributed by atoms with van der Waals surface area (Å²) in [5.74, 6) is -0.965. The van der Waals surface area contributed by atoms with Gasteiger partial charge in [-0.25, -0.2) is 4.79 Å². The number of rotatable bonds is 6. The van der Waals surface area contributed by atoms with Gasteiger partial charge in [0.2, 0.25) is 0 Å². The van der Waals surface area contributed by atoms with Gasteiger partial charge in [0.1, 0.15) is 6.61 Å². The Kier molecular flexibility index (Phi) is 5.23. The molecule has 1 saturated heterocycles. The molecule has 2 N–H and O–H groups in total. The number of carboxylic acid groups (broad SMARTS) is 1. The van der Waals surface area contributed by atoms with E-state index in [-0.39, 0.29) is 25.7 Å². The van der Waals surface area contributed by atoms with Crippen molar-refractivity contribution in [1.82, 2.24) is 10.2 Å². The quantitative estimate of drug-likeness (QED) is 0.834. The Morgan fingerprint density at radius 1 is 1.12 bits per heavy atom. The van der Waals surface area contributed by atoms with Gasteiger partial charge in [0.05, 0.1) is 13.1 Å². The minimum Gasteiger partial charge on any atom is -0.480 e. The normalized spacial score (nSPS) is 16.4. The van der Waals surface area contributed by atoms with Crippen LogP contribution in [-0.2, 0) is 16.1 Å². The molecule has 6 heteroatoms. The molecule has 26 heavy (non-hydrogen) atoms. The Morgan fingerprint density at radius 3 is 2.27 bits per heavy atom. The molecular formula is C20H22N2O4. The highest BCUT2D eigenvalue weighted by molar-refractivity contribution is 5.84. The van der Waals surface area contributed by atoms with Crippen LogP contribution < -0.4 is 5.32 Å². The second-order valence-corrected chi connectivity index (χ2v) is 6.56. The van der Waals surface area contributed by atoms with Crippen molar-refractivity contribution in [3.8, 4) is 0 Å². The Morgan fingerprint density at radius 2 is 1.69 bits per heavy atom. The zero-order valence-electron chi connectivity index (χ0n) is 14.6. The molecular weight excluding hydrogens is 332 g/mol. The first-order valence-electron chi connectivity index (χ1n) is 8.52. The minimum absolute atomic E-state index is 0.0765. The van der Waals surface area contributed by atoms with Gasteiger partial charge >= 0.3 is 12.1 Å². The number of nitrogens with one attached hydrogen (secondary N) is 1. The third-order valence-electron chi connectivity index (χ3n) is 4.59. The molecule has 1 aliphatic rings. The van der Waals surface area contributed by atoms with E-state index < -0.39 is 17.6 Å². The molecule has 0 bridgehead atoms. The van der Waals surface area contributed by atoms with E-state index in [1.807, 2.05) is 67.6 Å². The summed E-state index contributed by atoms with van der Waals surface area (Å²) in [6.07, 6.45) is -0.500. The van der Waals surface area contributed by atoms with E-state index in [1.54, 1.807) is 0 Å². The first-order valence-corrected chi connectivity index (χ1v) is 8.52. The minimum atomic E-state index is -1.15. The fraction of sp³-hybridized carbons (Fsp3) is 0.300. The molecule has 1 aliphatic heterocycles. The van der Waals surface area contributed by atoms with Crippen molar-refractivity contribution in [1.29, 1.82) is 0 Å². The summed E-state index contributed by atoms with van der Waals surface area (Å²) in [6, 6.07) is 18.9. The van der Waals surface area contributed by atoms with Crippen LogP contribution >= 0.6 is 0 Å². The van der Waals surface area contributed by atoms with Crippen molar-refractivity contribution >= 4 is 12.1 Å². The van der Waals surface area contributed by atoms with Crippen LogP contribution in [0.4, 0.5) is 4.79 Å². The molecule has 0 spiro atoms. The number of likely N-dealkylation sites (tertiary alicyclic amines) is 1. The monoisotopic (exact) mass is 354 g/mol. The van der Waals surface area contributed by atoms with Crippen LogP contribution in [0, 0.1) is 0 Å². The lowest BCUT2D eigenvalue weighted by molar-refractivity contribution is -0.152. The van der Waals surface area contributed by atoms with Crippen molar-refractivity contribution in [2.24, 2.45) is 0 Å². The highest BCUT2D eigenvalue weighted by atomic mass is 16.6. The van der Waals surface area contributed by atoms with Gasteiger partial charge < -0.3 is 14.7 Å². The fourth-order valence-corrected chi connectivity index (χ4v) is 3.07. The molecule has 0 radical (unpaired) electrons. The molecule has 2 aromatic carbocycles. The van der Waals surface area contributed by atoms with Crippen molar-refractivity contribution in [2.45, 2.75) is 25.1 Å². The van der Waals surface area contributed by atoms with Gasteiger partial charge in [0.15, 0.2) is 5.54 Å². The Bertz CT molecular complexity index is 758. The number of nitrogens with zero attached hydrogens (tertiary/aromatic N) is 1. The number of hydrogen-bond donors (Lipinski definition) is 2. The number of benzene rings is 2. The van der Waals surface area contributed by atoms with Gasteiger partial charge in [-0.3, -0.25) is 10.1 Å². The summed E-state index contributed by atoms with van der Waals surface area (Å²) in [4.78, 5) is 25.3. The standard InChI is InChI=1S/C20H22N2O4/c1-15(17-10-6-3-7-11-17)21-20(18(23)24)13-22(14-20)19(25)26-12-16-8-4-2-5-9-16/h2-11,15,21H,12-14H2,1H3,(H,23,24). The predicted molar refractivity (Wildman–Crippen MR) is 96.6 cm³/mol. The van der Waals surface area contributed by atoms with Gasteiger partial charge in [-0.15, -0.1) is 0 Å². The molecule has 0 aliphatic carbocycles. The molecule has 1 amide bonds. The summed E-state index contributed by atoms with van der Waals surface area (Å²) in [7, 11) is 0. The number of hydrogen-bond acceptors (Lipinski definition) is 4.